The number of amides is 1. The summed E-state index contributed by atoms with van der Waals surface area (Å²) in [6, 6.07) is 14.0. The van der Waals surface area contributed by atoms with Gasteiger partial charge in [0.25, 0.3) is 5.69 Å². The minimum Gasteiger partial charge on any atom is -0.497 e. The third-order valence-electron chi connectivity index (χ3n) is 7.35. The van der Waals surface area contributed by atoms with Gasteiger partial charge in [-0.15, -0.1) is 11.8 Å². The molecule has 1 unspecified atom stereocenters. The molecule has 4 rings (SSSR count). The van der Waals surface area contributed by atoms with Crippen LogP contribution < -0.4 is 15.0 Å². The zero-order chi connectivity index (χ0) is 32.9. The zero-order valence-corrected chi connectivity index (χ0v) is 27.0. The van der Waals surface area contributed by atoms with Crippen molar-refractivity contribution >= 4 is 40.9 Å². The van der Waals surface area contributed by atoms with Gasteiger partial charge in [-0.05, 0) is 75.9 Å². The lowest BCUT2D eigenvalue weighted by Gasteiger charge is -2.37. The van der Waals surface area contributed by atoms with E-state index in [-0.39, 0.29) is 29.0 Å². The van der Waals surface area contributed by atoms with Crippen molar-refractivity contribution in [1.29, 1.82) is 5.26 Å². The molecule has 0 spiro atoms. The number of allylic oxidation sites excluding steroid dienone is 1. The minimum absolute atomic E-state index is 0.0717. The van der Waals surface area contributed by atoms with Crippen LogP contribution in [-0.4, -0.2) is 73.6 Å². The van der Waals surface area contributed by atoms with Crippen molar-refractivity contribution in [3.8, 4) is 11.8 Å². The number of nitrogens with one attached hydrogen (secondary N) is 1. The first-order chi connectivity index (χ1) is 21.4. The van der Waals surface area contributed by atoms with Crippen molar-refractivity contribution in [1.82, 2.24) is 10.2 Å². The largest absolute Gasteiger partial charge is 0.497 e. The lowest BCUT2D eigenvalue weighted by molar-refractivity contribution is -0.385. The Labute approximate surface area is 266 Å². The lowest BCUT2D eigenvalue weighted by atomic mass is 9.80. The van der Waals surface area contributed by atoms with Crippen LogP contribution >= 0.6 is 11.8 Å². The van der Waals surface area contributed by atoms with Gasteiger partial charge in [0.2, 0.25) is 0 Å². The van der Waals surface area contributed by atoms with Gasteiger partial charge in [0.15, 0.2) is 0 Å². The number of thioether (sulfide) groups is 1. The number of dihydropyridines is 1. The Bertz CT molecular complexity index is 1570. The maximum Gasteiger partial charge on any atom is 0.410 e. The number of piperazine rings is 1. The third kappa shape index (κ3) is 7.34. The molecule has 2 aromatic carbocycles. The second kappa shape index (κ2) is 13.9. The fourth-order valence-electron chi connectivity index (χ4n) is 5.27. The van der Waals surface area contributed by atoms with Crippen LogP contribution in [0.3, 0.4) is 0 Å². The molecule has 13 heteroatoms. The molecule has 1 amide bonds. The van der Waals surface area contributed by atoms with Gasteiger partial charge in [0, 0.05) is 43.5 Å². The van der Waals surface area contributed by atoms with Gasteiger partial charge < -0.3 is 29.3 Å². The van der Waals surface area contributed by atoms with E-state index >= 15 is 0 Å². The van der Waals surface area contributed by atoms with Crippen molar-refractivity contribution in [3.05, 3.63) is 79.9 Å². The summed E-state index contributed by atoms with van der Waals surface area (Å²) in [5, 5.41) is 26.6. The number of carbonyl (C=O) groups is 2. The number of nitro benzene ring substituents is 1. The average molecular weight is 636 g/mol. The highest BCUT2D eigenvalue weighted by Gasteiger charge is 2.40. The summed E-state index contributed by atoms with van der Waals surface area (Å²) in [6.45, 7) is 8.83. The van der Waals surface area contributed by atoms with Crippen LogP contribution in [0.15, 0.2) is 58.6 Å². The van der Waals surface area contributed by atoms with Crippen LogP contribution in [0.5, 0.6) is 5.75 Å². The quantitative estimate of drug-likeness (QED) is 0.225. The van der Waals surface area contributed by atoms with E-state index < -0.39 is 28.5 Å². The molecule has 2 aliphatic rings. The van der Waals surface area contributed by atoms with Crippen molar-refractivity contribution in [2.45, 2.75) is 39.2 Å². The summed E-state index contributed by atoms with van der Waals surface area (Å²) in [5.41, 5.74) is 1.20. The maximum atomic E-state index is 13.6. The molecular weight excluding hydrogens is 598 g/mol. The van der Waals surface area contributed by atoms with E-state index in [1.807, 2.05) is 25.7 Å². The van der Waals surface area contributed by atoms with Crippen molar-refractivity contribution < 1.29 is 28.7 Å². The molecule has 0 bridgehead atoms. The van der Waals surface area contributed by atoms with Crippen molar-refractivity contribution in [2.75, 3.05) is 51.1 Å². The topological polar surface area (TPSA) is 147 Å². The van der Waals surface area contributed by atoms with E-state index in [9.17, 15) is 25.0 Å². The van der Waals surface area contributed by atoms with Gasteiger partial charge in [-0.3, -0.25) is 10.1 Å². The summed E-state index contributed by atoms with van der Waals surface area (Å²) in [6.07, 6.45) is 1.38. The van der Waals surface area contributed by atoms with Crippen LogP contribution in [0.4, 0.5) is 16.2 Å². The first-order valence-corrected chi connectivity index (χ1v) is 15.7. The van der Waals surface area contributed by atoms with E-state index in [0.717, 1.165) is 0 Å². The van der Waals surface area contributed by atoms with Gasteiger partial charge in [-0.2, -0.15) is 5.26 Å². The number of ether oxygens (including phenoxy) is 3. The van der Waals surface area contributed by atoms with Gasteiger partial charge in [0.05, 0.1) is 52.5 Å². The van der Waals surface area contributed by atoms with Gasteiger partial charge >= 0.3 is 12.1 Å². The molecule has 0 aliphatic carbocycles. The van der Waals surface area contributed by atoms with Crippen molar-refractivity contribution in [2.24, 2.45) is 0 Å². The monoisotopic (exact) mass is 635 g/mol. The Morgan fingerprint density at radius 3 is 2.33 bits per heavy atom. The SMILES string of the molecule is CCOC(=O)C1=C(c2ccc(OC)cc2)NC(SC)=C(C#N)C1c1ccc(N2CCN(C(=O)OC(C)(C)C)CC2)cc1[N+](=O)[O-]. The van der Waals surface area contributed by atoms with Gasteiger partial charge in [-0.1, -0.05) is 0 Å². The smallest absolute Gasteiger partial charge is 0.410 e. The summed E-state index contributed by atoms with van der Waals surface area (Å²) >= 11 is 1.27. The lowest BCUT2D eigenvalue weighted by Crippen LogP contribution is -2.50. The predicted octanol–water partition coefficient (Wildman–Crippen LogP) is 5.42. The summed E-state index contributed by atoms with van der Waals surface area (Å²) in [5.74, 6) is -1.15. The maximum absolute atomic E-state index is 13.6. The number of carbonyl (C=O) groups excluding carboxylic acids is 2. The Morgan fingerprint density at radius 2 is 1.80 bits per heavy atom. The molecule has 0 saturated carbocycles. The Morgan fingerprint density at radius 1 is 1.13 bits per heavy atom. The fraction of sp³-hybridized carbons (Fsp3) is 0.406. The molecule has 0 aromatic heterocycles. The molecule has 2 aromatic rings. The molecule has 2 aliphatic heterocycles. The van der Waals surface area contributed by atoms with E-state index in [4.69, 9.17) is 14.2 Å². The summed E-state index contributed by atoms with van der Waals surface area (Å²) in [7, 11) is 1.55. The number of benzene rings is 2. The third-order valence-corrected chi connectivity index (χ3v) is 8.08. The number of anilines is 1. The molecule has 238 valence electrons. The van der Waals surface area contributed by atoms with Crippen LogP contribution in [0.2, 0.25) is 0 Å². The Balaban J connectivity index is 1.79. The second-order valence-corrected chi connectivity index (χ2v) is 12.1. The van der Waals surface area contributed by atoms with E-state index in [1.165, 1.54) is 17.8 Å². The number of methoxy groups -OCH3 is 1. The van der Waals surface area contributed by atoms with Crippen LogP contribution in [-0.2, 0) is 14.3 Å². The molecular formula is C32H37N5O7S. The van der Waals surface area contributed by atoms with Crippen LogP contribution in [0, 0.1) is 21.4 Å². The van der Waals surface area contributed by atoms with Crippen molar-refractivity contribution in [3.63, 3.8) is 0 Å². The number of nitriles is 1. The number of esters is 1. The first-order valence-electron chi connectivity index (χ1n) is 14.4. The number of nitrogens with zero attached hydrogens (tertiary/aromatic N) is 4. The van der Waals surface area contributed by atoms with E-state index in [2.05, 4.69) is 11.4 Å². The summed E-state index contributed by atoms with van der Waals surface area (Å²) in [4.78, 5) is 41.8. The molecule has 1 fully saturated rings. The minimum atomic E-state index is -1.08. The fourth-order valence-corrected chi connectivity index (χ4v) is 5.86. The number of hydrogen-bond donors (Lipinski definition) is 1. The molecule has 1 saturated heterocycles. The molecule has 1 atom stereocenters. The number of rotatable bonds is 8. The number of nitro groups is 1. The molecule has 12 nitrogen and oxygen atoms in total. The molecule has 0 radical (unpaired) electrons. The van der Waals surface area contributed by atoms with Gasteiger partial charge in [-0.25, -0.2) is 9.59 Å². The van der Waals surface area contributed by atoms with Crippen LogP contribution in [0.1, 0.15) is 44.7 Å². The number of hydrogen-bond acceptors (Lipinski definition) is 11. The standard InChI is InChI=1S/C32H37N5O7S/c1-7-43-30(38)27-26(24(19-33)29(45-6)34-28(27)20-8-11-22(42-5)12-9-20)23-13-10-21(18-25(23)37(40)41)35-14-16-36(17-15-35)31(39)44-32(2,3)4/h8-13,18,26,34H,7,14-17H2,1-6H3. The first kappa shape index (κ1) is 33.2. The zero-order valence-electron chi connectivity index (χ0n) is 26.2. The molecule has 2 heterocycles. The predicted molar refractivity (Wildman–Crippen MR) is 172 cm³/mol. The Hall–Kier alpha value is -4.70. The highest BCUT2D eigenvalue weighted by Crippen LogP contribution is 2.46. The Kier molecular flexibility index (Phi) is 10.3. The van der Waals surface area contributed by atoms with Gasteiger partial charge in [0.1, 0.15) is 11.4 Å². The van der Waals surface area contributed by atoms with Crippen LogP contribution in [0.25, 0.3) is 5.70 Å². The second-order valence-electron chi connectivity index (χ2n) is 11.3. The molecule has 1 N–H and O–H groups in total. The van der Waals surface area contributed by atoms with E-state index in [1.54, 1.807) is 61.6 Å². The summed E-state index contributed by atoms with van der Waals surface area (Å²) < 4.78 is 16.2. The average Bonchev–Trinajstić information content (AvgIpc) is 3.02. The van der Waals surface area contributed by atoms with E-state index in [0.29, 0.717) is 53.9 Å². The highest BCUT2D eigenvalue weighted by molar-refractivity contribution is 8.02. The normalized spacial score (nSPS) is 17.0. The highest BCUT2D eigenvalue weighted by atomic mass is 32.2. The molecule has 45 heavy (non-hydrogen) atoms.